The molecule has 1 N–H and O–H groups in total. The Balaban J connectivity index is 3.07. The van der Waals surface area contributed by atoms with Gasteiger partial charge in [0, 0.05) is 18.8 Å². The summed E-state index contributed by atoms with van der Waals surface area (Å²) in [5, 5.41) is 8.56. The Morgan fingerprint density at radius 3 is 1.08 bits per heavy atom. The highest BCUT2D eigenvalue weighted by molar-refractivity contribution is 5.80. The van der Waals surface area contributed by atoms with Crippen LogP contribution in [0.3, 0.4) is 0 Å². The summed E-state index contributed by atoms with van der Waals surface area (Å²) in [6.07, 6.45) is 21.3. The fraction of sp³-hybridized carbons (Fsp3) is 0.913. The minimum absolute atomic E-state index is 0.207. The van der Waals surface area contributed by atoms with Gasteiger partial charge < -0.3 is 5.11 Å². The zero-order valence-corrected chi connectivity index (χ0v) is 17.6. The summed E-state index contributed by atoms with van der Waals surface area (Å²) in [7, 11) is 0. The Morgan fingerprint density at radius 1 is 0.538 bits per heavy atom. The molecule has 26 heavy (non-hydrogen) atoms. The lowest BCUT2D eigenvalue weighted by Gasteiger charge is -2.05. The molecule has 0 spiro atoms. The number of rotatable bonds is 20. The van der Waals surface area contributed by atoms with E-state index >= 15 is 0 Å². The SMILES string of the molecule is CC(C)C(=O)CCCCCCCCCCCCCCCCCCC(=O)O. The molecule has 0 heterocycles. The fourth-order valence-electron chi connectivity index (χ4n) is 3.34. The molecule has 0 saturated carbocycles. The number of hydrogen-bond acceptors (Lipinski definition) is 2. The maximum atomic E-state index is 11.5. The van der Waals surface area contributed by atoms with E-state index in [-0.39, 0.29) is 5.92 Å². The van der Waals surface area contributed by atoms with Gasteiger partial charge in [0.1, 0.15) is 5.78 Å². The lowest BCUT2D eigenvalue weighted by Crippen LogP contribution is -2.05. The average Bonchev–Trinajstić information content (AvgIpc) is 2.60. The summed E-state index contributed by atoms with van der Waals surface area (Å²) in [5.41, 5.74) is 0. The highest BCUT2D eigenvalue weighted by Gasteiger charge is 2.05. The molecule has 154 valence electrons. The molecule has 0 amide bonds. The Labute approximate surface area is 162 Å². The fourth-order valence-corrected chi connectivity index (χ4v) is 3.34. The molecule has 0 rings (SSSR count). The second kappa shape index (κ2) is 18.9. The molecule has 0 atom stereocenters. The minimum Gasteiger partial charge on any atom is -0.481 e. The molecule has 0 aromatic heterocycles. The molecular weight excluding hydrogens is 324 g/mol. The second-order valence-electron chi connectivity index (χ2n) is 8.17. The van der Waals surface area contributed by atoms with Crippen molar-refractivity contribution in [2.75, 3.05) is 0 Å². The first-order chi connectivity index (χ1) is 12.5. The molecule has 0 radical (unpaired) electrons. The van der Waals surface area contributed by atoms with Crippen molar-refractivity contribution in [2.45, 2.75) is 129 Å². The summed E-state index contributed by atoms with van der Waals surface area (Å²) < 4.78 is 0. The predicted octanol–water partition coefficient (Wildman–Crippen LogP) is 7.32. The number of Topliss-reactive ketones (excluding diaryl/α,β-unsaturated/α-hetero) is 1. The van der Waals surface area contributed by atoms with Gasteiger partial charge in [0.15, 0.2) is 0 Å². The van der Waals surface area contributed by atoms with Gasteiger partial charge in [0.05, 0.1) is 0 Å². The van der Waals surface area contributed by atoms with Crippen molar-refractivity contribution < 1.29 is 14.7 Å². The minimum atomic E-state index is -0.664. The quantitative estimate of drug-likeness (QED) is 0.229. The van der Waals surface area contributed by atoms with E-state index in [9.17, 15) is 9.59 Å². The van der Waals surface area contributed by atoms with Crippen LogP contribution < -0.4 is 0 Å². The second-order valence-corrected chi connectivity index (χ2v) is 8.17. The van der Waals surface area contributed by atoms with Crippen LogP contribution in [0.15, 0.2) is 0 Å². The van der Waals surface area contributed by atoms with Gasteiger partial charge >= 0.3 is 5.97 Å². The van der Waals surface area contributed by atoms with Crippen LogP contribution >= 0.6 is 0 Å². The van der Waals surface area contributed by atoms with E-state index in [1.165, 1.54) is 83.5 Å². The molecule has 0 saturated heterocycles. The maximum Gasteiger partial charge on any atom is 0.303 e. The van der Waals surface area contributed by atoms with E-state index in [1.54, 1.807) is 0 Å². The van der Waals surface area contributed by atoms with Gasteiger partial charge in [-0.2, -0.15) is 0 Å². The number of ketones is 1. The third-order valence-corrected chi connectivity index (χ3v) is 5.21. The number of aliphatic carboxylic acids is 1. The maximum absolute atomic E-state index is 11.5. The summed E-state index contributed by atoms with van der Waals surface area (Å²) in [5.74, 6) is -0.0369. The van der Waals surface area contributed by atoms with Crippen molar-refractivity contribution in [3.05, 3.63) is 0 Å². The van der Waals surface area contributed by atoms with Crippen molar-refractivity contribution in [2.24, 2.45) is 5.92 Å². The lowest BCUT2D eigenvalue weighted by molar-refractivity contribution is -0.137. The average molecular weight is 369 g/mol. The van der Waals surface area contributed by atoms with Gasteiger partial charge in [-0.25, -0.2) is 0 Å². The largest absolute Gasteiger partial charge is 0.481 e. The lowest BCUT2D eigenvalue weighted by atomic mass is 10.0. The highest BCUT2D eigenvalue weighted by Crippen LogP contribution is 2.14. The predicted molar refractivity (Wildman–Crippen MR) is 111 cm³/mol. The molecular formula is C23H44O3. The van der Waals surface area contributed by atoms with Gasteiger partial charge in [-0.1, -0.05) is 104 Å². The third-order valence-electron chi connectivity index (χ3n) is 5.21. The van der Waals surface area contributed by atoms with Gasteiger partial charge in [-0.15, -0.1) is 0 Å². The summed E-state index contributed by atoms with van der Waals surface area (Å²) in [6.45, 7) is 3.99. The molecule has 0 aliphatic carbocycles. The summed E-state index contributed by atoms with van der Waals surface area (Å²) in [4.78, 5) is 21.9. The number of carboxylic acid groups (broad SMARTS) is 1. The standard InChI is InChI=1S/C23H44O3/c1-21(2)22(24)19-17-15-13-11-9-7-5-3-4-6-8-10-12-14-16-18-20-23(25)26/h21H,3-20H2,1-2H3,(H,25,26). The van der Waals surface area contributed by atoms with Gasteiger partial charge in [-0.3, -0.25) is 9.59 Å². The summed E-state index contributed by atoms with van der Waals surface area (Å²) >= 11 is 0. The van der Waals surface area contributed by atoms with Gasteiger partial charge in [0.2, 0.25) is 0 Å². The zero-order chi connectivity index (χ0) is 19.5. The van der Waals surface area contributed by atoms with E-state index < -0.39 is 5.97 Å². The van der Waals surface area contributed by atoms with Gasteiger partial charge in [-0.05, 0) is 12.8 Å². The Morgan fingerprint density at radius 2 is 0.808 bits per heavy atom. The van der Waals surface area contributed by atoms with Gasteiger partial charge in [0.25, 0.3) is 0 Å². The molecule has 3 heteroatoms. The molecule has 0 aromatic rings. The van der Waals surface area contributed by atoms with Crippen molar-refractivity contribution in [1.29, 1.82) is 0 Å². The van der Waals surface area contributed by atoms with Crippen LogP contribution in [0.25, 0.3) is 0 Å². The van der Waals surface area contributed by atoms with Crippen molar-refractivity contribution in [1.82, 2.24) is 0 Å². The highest BCUT2D eigenvalue weighted by atomic mass is 16.4. The zero-order valence-electron chi connectivity index (χ0n) is 17.6. The summed E-state index contributed by atoms with van der Waals surface area (Å²) in [6, 6.07) is 0. The van der Waals surface area contributed by atoms with Crippen molar-refractivity contribution >= 4 is 11.8 Å². The van der Waals surface area contributed by atoms with E-state index in [2.05, 4.69) is 0 Å². The molecule has 0 unspecified atom stereocenters. The van der Waals surface area contributed by atoms with Crippen molar-refractivity contribution in [3.63, 3.8) is 0 Å². The van der Waals surface area contributed by atoms with E-state index in [0.29, 0.717) is 12.2 Å². The van der Waals surface area contributed by atoms with Crippen LogP contribution in [0.2, 0.25) is 0 Å². The monoisotopic (exact) mass is 368 g/mol. The van der Waals surface area contributed by atoms with E-state index in [0.717, 1.165) is 25.7 Å². The molecule has 0 aliphatic rings. The number of carbonyl (C=O) groups is 2. The number of unbranched alkanes of at least 4 members (excludes halogenated alkanes) is 15. The van der Waals surface area contributed by atoms with Crippen LogP contribution in [0.4, 0.5) is 0 Å². The molecule has 0 aliphatic heterocycles. The smallest absolute Gasteiger partial charge is 0.303 e. The first-order valence-electron chi connectivity index (χ1n) is 11.3. The number of carbonyl (C=O) groups excluding carboxylic acids is 1. The Hall–Kier alpha value is -0.860. The van der Waals surface area contributed by atoms with Crippen LogP contribution in [-0.4, -0.2) is 16.9 Å². The normalized spacial score (nSPS) is 11.2. The van der Waals surface area contributed by atoms with E-state index in [1.807, 2.05) is 13.8 Å². The number of carboxylic acids is 1. The van der Waals surface area contributed by atoms with Crippen molar-refractivity contribution in [3.8, 4) is 0 Å². The van der Waals surface area contributed by atoms with Crippen LogP contribution in [0.5, 0.6) is 0 Å². The topological polar surface area (TPSA) is 54.4 Å². The molecule has 3 nitrogen and oxygen atoms in total. The molecule has 0 aromatic carbocycles. The first-order valence-corrected chi connectivity index (χ1v) is 11.3. The molecule has 0 bridgehead atoms. The van der Waals surface area contributed by atoms with Crippen LogP contribution in [0.1, 0.15) is 129 Å². The molecule has 0 fully saturated rings. The Bertz CT molecular complexity index is 336. The number of hydrogen-bond donors (Lipinski definition) is 1. The first kappa shape index (κ1) is 25.1. The van der Waals surface area contributed by atoms with Crippen LogP contribution in [-0.2, 0) is 9.59 Å². The van der Waals surface area contributed by atoms with Crippen LogP contribution in [0, 0.1) is 5.92 Å². The Kier molecular flexibility index (Phi) is 18.3. The third kappa shape index (κ3) is 19.5. The van der Waals surface area contributed by atoms with E-state index in [4.69, 9.17) is 5.11 Å².